The van der Waals surface area contributed by atoms with Gasteiger partial charge in [0.05, 0.1) is 16.8 Å². The van der Waals surface area contributed by atoms with Crippen LogP contribution in [0.15, 0.2) is 34.2 Å². The minimum absolute atomic E-state index is 0.0139. The second kappa shape index (κ2) is 6.22. The predicted molar refractivity (Wildman–Crippen MR) is 83.2 cm³/mol. The molecule has 116 valence electrons. The van der Waals surface area contributed by atoms with Crippen molar-refractivity contribution in [1.29, 1.82) is 0 Å². The van der Waals surface area contributed by atoms with E-state index in [1.165, 1.54) is 37.4 Å². The number of nitrogens with one attached hydrogen (secondary N) is 1. The first-order valence-electron chi connectivity index (χ1n) is 5.90. The monoisotopic (exact) mass is 340 g/mol. The fourth-order valence-corrected chi connectivity index (χ4v) is 2.76. The third kappa shape index (κ3) is 4.10. The van der Waals surface area contributed by atoms with Gasteiger partial charge in [0, 0.05) is 6.92 Å². The lowest BCUT2D eigenvalue weighted by Crippen LogP contribution is -2.11. The van der Waals surface area contributed by atoms with E-state index >= 15 is 0 Å². The van der Waals surface area contributed by atoms with Crippen molar-refractivity contribution in [2.45, 2.75) is 11.8 Å². The number of aliphatic imine (C=N–C) groups is 1. The number of rotatable bonds is 4. The van der Waals surface area contributed by atoms with Crippen LogP contribution in [0.4, 0.5) is 10.8 Å². The maximum atomic E-state index is 11.1. The number of primary sulfonamides is 1. The maximum Gasteiger partial charge on any atom is 0.238 e. The van der Waals surface area contributed by atoms with Gasteiger partial charge >= 0.3 is 0 Å². The number of amides is 1. The van der Waals surface area contributed by atoms with Crippen molar-refractivity contribution >= 4 is 44.3 Å². The van der Waals surface area contributed by atoms with Crippen LogP contribution in [0.3, 0.4) is 0 Å². The Morgan fingerprint density at radius 2 is 2.05 bits per heavy atom. The van der Waals surface area contributed by atoms with Crippen LogP contribution in [0.2, 0.25) is 0 Å². The Bertz CT molecular complexity index is 825. The molecule has 0 fully saturated rings. The highest BCUT2D eigenvalue weighted by atomic mass is 32.2. The lowest BCUT2D eigenvalue weighted by Gasteiger charge is -1.97. The quantitative estimate of drug-likeness (QED) is 0.719. The fraction of sp³-hybridized carbons (Fsp3) is 0.0833. The number of anilines is 1. The Kier molecular flexibility index (Phi) is 4.54. The zero-order chi connectivity index (χ0) is 16.3. The third-order valence-electron chi connectivity index (χ3n) is 2.41. The summed E-state index contributed by atoms with van der Waals surface area (Å²) in [6, 6.07) is 5.61. The molecule has 0 atom stereocenters. The number of carbonyl (C=O) groups excluding carboxylic acids is 1. The van der Waals surface area contributed by atoms with Crippen molar-refractivity contribution in [3.05, 3.63) is 29.1 Å². The summed E-state index contributed by atoms with van der Waals surface area (Å²) in [5, 5.41) is 17.3. The molecule has 4 N–H and O–H groups in total. The van der Waals surface area contributed by atoms with E-state index in [2.05, 4.69) is 15.3 Å². The van der Waals surface area contributed by atoms with Gasteiger partial charge < -0.3 is 10.4 Å². The Labute approximate surface area is 130 Å². The summed E-state index contributed by atoms with van der Waals surface area (Å²) >= 11 is 1.06. The number of aromatic nitrogens is 1. The zero-order valence-electron chi connectivity index (χ0n) is 11.3. The van der Waals surface area contributed by atoms with Crippen molar-refractivity contribution in [1.82, 2.24) is 4.98 Å². The molecule has 0 radical (unpaired) electrons. The molecular formula is C12H12N4O4S2. The average molecular weight is 340 g/mol. The summed E-state index contributed by atoms with van der Waals surface area (Å²) in [4.78, 5) is 19.1. The van der Waals surface area contributed by atoms with Crippen molar-refractivity contribution in [2.24, 2.45) is 10.1 Å². The standard InChI is InChI=1S/C12H12N4O4S2/c1-7(17)15-12-16-11(18)10(21-12)6-14-8-2-4-9(5-3-8)22(13,19)20/h2-6,18H,1H3,(H2,13,19,20)(H,15,16,17). The summed E-state index contributed by atoms with van der Waals surface area (Å²) in [6.07, 6.45) is 1.37. The Morgan fingerprint density at radius 1 is 1.41 bits per heavy atom. The molecular weight excluding hydrogens is 328 g/mol. The first kappa shape index (κ1) is 16.1. The number of sulfonamides is 1. The van der Waals surface area contributed by atoms with Gasteiger partial charge in [-0.1, -0.05) is 11.3 Å². The number of thiazole rings is 1. The second-order valence-corrected chi connectivity index (χ2v) is 6.78. The van der Waals surface area contributed by atoms with Gasteiger partial charge in [-0.05, 0) is 24.3 Å². The Morgan fingerprint density at radius 3 is 2.59 bits per heavy atom. The number of aromatic hydroxyl groups is 1. The molecule has 0 unspecified atom stereocenters. The van der Waals surface area contributed by atoms with Crippen LogP contribution in [0, 0.1) is 0 Å². The molecule has 1 aromatic heterocycles. The number of hydrogen-bond donors (Lipinski definition) is 3. The first-order valence-corrected chi connectivity index (χ1v) is 8.26. The molecule has 10 heteroatoms. The molecule has 8 nitrogen and oxygen atoms in total. The van der Waals surface area contributed by atoms with E-state index in [1.54, 1.807) is 0 Å². The van der Waals surface area contributed by atoms with Gasteiger partial charge in [0.15, 0.2) is 5.13 Å². The summed E-state index contributed by atoms with van der Waals surface area (Å²) in [5.41, 5.74) is 0.473. The number of hydrogen-bond acceptors (Lipinski definition) is 7. The lowest BCUT2D eigenvalue weighted by molar-refractivity contribution is -0.114. The molecule has 0 aliphatic rings. The van der Waals surface area contributed by atoms with Gasteiger partial charge in [0.2, 0.25) is 21.8 Å². The minimum Gasteiger partial charge on any atom is -0.492 e. The molecule has 0 saturated heterocycles. The lowest BCUT2D eigenvalue weighted by atomic mass is 10.3. The average Bonchev–Trinajstić information content (AvgIpc) is 2.75. The van der Waals surface area contributed by atoms with Crippen LogP contribution < -0.4 is 10.5 Å². The SMILES string of the molecule is CC(=O)Nc1nc(O)c(C=Nc2ccc(S(N)(=O)=O)cc2)s1. The number of nitrogens with zero attached hydrogens (tertiary/aromatic N) is 2. The van der Waals surface area contributed by atoms with Crippen LogP contribution in [-0.4, -0.2) is 30.6 Å². The number of nitrogens with two attached hydrogens (primary N) is 1. The van der Waals surface area contributed by atoms with E-state index in [-0.39, 0.29) is 21.8 Å². The summed E-state index contributed by atoms with van der Waals surface area (Å²) in [6.45, 7) is 1.33. The highest BCUT2D eigenvalue weighted by molar-refractivity contribution is 7.89. The summed E-state index contributed by atoms with van der Waals surface area (Å²) < 4.78 is 22.2. The van der Waals surface area contributed by atoms with Crippen LogP contribution >= 0.6 is 11.3 Å². The van der Waals surface area contributed by atoms with Crippen LogP contribution in [0.5, 0.6) is 5.88 Å². The molecule has 22 heavy (non-hydrogen) atoms. The fourth-order valence-electron chi connectivity index (χ4n) is 1.47. The number of benzene rings is 1. The Hall–Kier alpha value is -2.30. The molecule has 1 amide bonds. The van der Waals surface area contributed by atoms with E-state index in [1.807, 2.05) is 0 Å². The first-order chi connectivity index (χ1) is 10.3. The van der Waals surface area contributed by atoms with E-state index in [0.29, 0.717) is 10.6 Å². The third-order valence-corrected chi connectivity index (χ3v) is 4.24. The van der Waals surface area contributed by atoms with Gasteiger partial charge in [-0.3, -0.25) is 9.79 Å². The van der Waals surface area contributed by atoms with Crippen molar-refractivity contribution in [3.63, 3.8) is 0 Å². The highest BCUT2D eigenvalue weighted by Gasteiger charge is 2.09. The van der Waals surface area contributed by atoms with Crippen LogP contribution in [-0.2, 0) is 14.8 Å². The normalized spacial score (nSPS) is 11.7. The van der Waals surface area contributed by atoms with Gasteiger partial charge in [-0.15, -0.1) is 0 Å². The predicted octanol–water partition coefficient (Wildman–Crippen LogP) is 1.21. The van der Waals surface area contributed by atoms with Crippen molar-refractivity contribution < 1.29 is 18.3 Å². The van der Waals surface area contributed by atoms with E-state index in [9.17, 15) is 18.3 Å². The van der Waals surface area contributed by atoms with E-state index < -0.39 is 10.0 Å². The second-order valence-electron chi connectivity index (χ2n) is 4.19. The van der Waals surface area contributed by atoms with Crippen LogP contribution in [0.25, 0.3) is 0 Å². The topological polar surface area (TPSA) is 135 Å². The van der Waals surface area contributed by atoms with Crippen LogP contribution in [0.1, 0.15) is 11.8 Å². The molecule has 1 aromatic carbocycles. The Balaban J connectivity index is 2.18. The smallest absolute Gasteiger partial charge is 0.238 e. The minimum atomic E-state index is -3.74. The molecule has 1 heterocycles. The van der Waals surface area contributed by atoms with Gasteiger partial charge in [-0.25, -0.2) is 13.6 Å². The molecule has 0 aliphatic heterocycles. The summed E-state index contributed by atoms with van der Waals surface area (Å²) in [5.74, 6) is -0.547. The molecule has 0 bridgehead atoms. The zero-order valence-corrected chi connectivity index (χ0v) is 13.0. The summed E-state index contributed by atoms with van der Waals surface area (Å²) in [7, 11) is -3.74. The molecule has 0 aliphatic carbocycles. The molecule has 2 aromatic rings. The molecule has 0 spiro atoms. The largest absolute Gasteiger partial charge is 0.492 e. The molecule has 0 saturated carbocycles. The van der Waals surface area contributed by atoms with Gasteiger partial charge in [0.1, 0.15) is 4.88 Å². The number of carbonyl (C=O) groups is 1. The van der Waals surface area contributed by atoms with E-state index in [4.69, 9.17) is 5.14 Å². The maximum absolute atomic E-state index is 11.1. The highest BCUT2D eigenvalue weighted by Crippen LogP contribution is 2.27. The van der Waals surface area contributed by atoms with Crippen molar-refractivity contribution in [3.8, 4) is 5.88 Å². The van der Waals surface area contributed by atoms with E-state index in [0.717, 1.165) is 11.3 Å². The molecule has 2 rings (SSSR count). The van der Waals surface area contributed by atoms with Crippen molar-refractivity contribution in [2.75, 3.05) is 5.32 Å². The van der Waals surface area contributed by atoms with Gasteiger partial charge in [-0.2, -0.15) is 4.98 Å². The van der Waals surface area contributed by atoms with Gasteiger partial charge in [0.25, 0.3) is 0 Å².